The van der Waals surface area contributed by atoms with Crippen molar-refractivity contribution in [1.29, 1.82) is 0 Å². The SMILES string of the molecule is [B]C1CCC(C)=C(/C(C=C)=C(/C=C\C)C(CN)CCCCCCCC)CC1. The molecular formula is C25H42BN. The molecule has 0 saturated carbocycles. The highest BCUT2D eigenvalue weighted by Crippen LogP contribution is 2.36. The summed E-state index contributed by atoms with van der Waals surface area (Å²) < 4.78 is 0. The lowest BCUT2D eigenvalue weighted by Crippen LogP contribution is -2.18. The first-order chi connectivity index (χ1) is 13.1. The number of unbranched alkanes of at least 4 members (excludes halogenated alkanes) is 5. The average molecular weight is 367 g/mol. The topological polar surface area (TPSA) is 26.0 Å². The summed E-state index contributed by atoms with van der Waals surface area (Å²) >= 11 is 0. The van der Waals surface area contributed by atoms with E-state index < -0.39 is 0 Å². The van der Waals surface area contributed by atoms with Gasteiger partial charge in [0.1, 0.15) is 0 Å². The molecule has 2 radical (unpaired) electrons. The van der Waals surface area contributed by atoms with Crippen molar-refractivity contribution in [3.63, 3.8) is 0 Å². The summed E-state index contributed by atoms with van der Waals surface area (Å²) in [6, 6.07) is 0. The summed E-state index contributed by atoms with van der Waals surface area (Å²) in [5, 5.41) is 0. The molecule has 0 saturated heterocycles. The number of hydrogen-bond donors (Lipinski definition) is 1. The molecule has 2 N–H and O–H groups in total. The Balaban J connectivity index is 2.99. The van der Waals surface area contributed by atoms with Crippen molar-refractivity contribution in [3.05, 3.63) is 47.1 Å². The van der Waals surface area contributed by atoms with E-state index in [-0.39, 0.29) is 0 Å². The van der Waals surface area contributed by atoms with Crippen LogP contribution in [0.5, 0.6) is 0 Å². The second kappa shape index (κ2) is 14.0. The Kier molecular flexibility index (Phi) is 12.5. The first-order valence-electron chi connectivity index (χ1n) is 11.2. The zero-order valence-corrected chi connectivity index (χ0v) is 18.2. The van der Waals surface area contributed by atoms with Crippen molar-refractivity contribution < 1.29 is 0 Å². The summed E-state index contributed by atoms with van der Waals surface area (Å²) in [7, 11) is 6.23. The standard InChI is InChI=1S/C25H42BN/c1-5-8-9-10-11-12-14-21(19-27)25(13-6-2)23(7-3)24-18-17-22(26)16-15-20(24)4/h6-7,13,21-22H,3,5,8-12,14-19,27H2,1-2,4H3/b13-6-,25-23-. The van der Waals surface area contributed by atoms with E-state index in [9.17, 15) is 0 Å². The van der Waals surface area contributed by atoms with E-state index in [4.69, 9.17) is 13.6 Å². The van der Waals surface area contributed by atoms with Gasteiger partial charge < -0.3 is 5.73 Å². The maximum atomic E-state index is 6.24. The zero-order chi connectivity index (χ0) is 20.1. The van der Waals surface area contributed by atoms with Crippen LogP contribution in [0, 0.1) is 5.92 Å². The maximum absolute atomic E-state index is 6.24. The molecule has 1 aliphatic carbocycles. The highest BCUT2D eigenvalue weighted by atomic mass is 14.5. The highest BCUT2D eigenvalue weighted by Gasteiger charge is 2.20. The van der Waals surface area contributed by atoms with E-state index in [0.717, 1.165) is 25.7 Å². The van der Waals surface area contributed by atoms with Gasteiger partial charge in [0.15, 0.2) is 0 Å². The van der Waals surface area contributed by atoms with Crippen LogP contribution in [0.1, 0.15) is 91.4 Å². The Hall–Kier alpha value is -1.02. The lowest BCUT2D eigenvalue weighted by atomic mass is 9.80. The van der Waals surface area contributed by atoms with E-state index in [1.54, 1.807) is 0 Å². The van der Waals surface area contributed by atoms with Crippen molar-refractivity contribution in [2.24, 2.45) is 11.7 Å². The summed E-state index contributed by atoms with van der Waals surface area (Å²) in [6.07, 6.45) is 20.0. The summed E-state index contributed by atoms with van der Waals surface area (Å²) in [4.78, 5) is 0. The van der Waals surface area contributed by atoms with Crippen molar-refractivity contribution >= 4 is 7.85 Å². The Labute approximate surface area is 170 Å². The Morgan fingerprint density at radius 3 is 2.48 bits per heavy atom. The minimum Gasteiger partial charge on any atom is -0.330 e. The summed E-state index contributed by atoms with van der Waals surface area (Å²) in [6.45, 7) is 11.5. The molecule has 150 valence electrons. The summed E-state index contributed by atoms with van der Waals surface area (Å²) in [5.41, 5.74) is 11.9. The monoisotopic (exact) mass is 367 g/mol. The van der Waals surface area contributed by atoms with Gasteiger partial charge in [0.2, 0.25) is 0 Å². The number of hydrogen-bond acceptors (Lipinski definition) is 1. The third-order valence-corrected chi connectivity index (χ3v) is 5.99. The van der Waals surface area contributed by atoms with Crippen molar-refractivity contribution in [2.45, 2.75) is 97.2 Å². The molecule has 0 heterocycles. The third kappa shape index (κ3) is 8.26. The minimum atomic E-state index is 0.321. The molecule has 0 spiro atoms. The molecule has 0 amide bonds. The molecule has 1 aliphatic rings. The van der Waals surface area contributed by atoms with Crippen LogP contribution in [-0.2, 0) is 0 Å². The van der Waals surface area contributed by atoms with Gasteiger partial charge in [0.05, 0.1) is 7.85 Å². The first kappa shape index (κ1) is 24.0. The van der Waals surface area contributed by atoms with Crippen molar-refractivity contribution in [2.75, 3.05) is 6.54 Å². The zero-order valence-electron chi connectivity index (χ0n) is 18.2. The molecular weight excluding hydrogens is 325 g/mol. The lowest BCUT2D eigenvalue weighted by molar-refractivity contribution is 0.512. The molecule has 27 heavy (non-hydrogen) atoms. The van der Waals surface area contributed by atoms with E-state index >= 15 is 0 Å². The minimum absolute atomic E-state index is 0.321. The Morgan fingerprint density at radius 2 is 1.85 bits per heavy atom. The smallest absolute Gasteiger partial charge is 0.0699 e. The molecule has 0 aromatic carbocycles. The van der Waals surface area contributed by atoms with Crippen LogP contribution < -0.4 is 5.73 Å². The molecule has 0 aliphatic heterocycles. The molecule has 1 rings (SSSR count). The molecule has 2 atom stereocenters. The van der Waals surface area contributed by atoms with Gasteiger partial charge in [-0.15, -0.1) is 0 Å². The molecule has 0 aromatic rings. The predicted molar refractivity (Wildman–Crippen MR) is 123 cm³/mol. The van der Waals surface area contributed by atoms with Crippen molar-refractivity contribution in [3.8, 4) is 0 Å². The van der Waals surface area contributed by atoms with Gasteiger partial charge in [-0.25, -0.2) is 0 Å². The third-order valence-electron chi connectivity index (χ3n) is 5.99. The van der Waals surface area contributed by atoms with Crippen LogP contribution in [0.3, 0.4) is 0 Å². The number of rotatable bonds is 12. The van der Waals surface area contributed by atoms with Gasteiger partial charge in [-0.05, 0) is 62.3 Å². The van der Waals surface area contributed by atoms with E-state index in [0.29, 0.717) is 18.3 Å². The lowest BCUT2D eigenvalue weighted by Gasteiger charge is -2.22. The average Bonchev–Trinajstić information content (AvgIpc) is 2.83. The Bertz CT molecular complexity index is 526. The number of allylic oxidation sites excluding steroid dienone is 6. The van der Waals surface area contributed by atoms with Gasteiger partial charge in [-0.2, -0.15) is 0 Å². The van der Waals surface area contributed by atoms with Gasteiger partial charge in [-0.3, -0.25) is 0 Å². The van der Waals surface area contributed by atoms with Crippen LogP contribution in [0.4, 0.5) is 0 Å². The maximum Gasteiger partial charge on any atom is 0.0699 e. The van der Waals surface area contributed by atoms with E-state index in [2.05, 4.69) is 45.6 Å². The molecule has 1 nitrogen and oxygen atoms in total. The second-order valence-electron chi connectivity index (χ2n) is 8.16. The molecule has 0 aromatic heterocycles. The van der Waals surface area contributed by atoms with Gasteiger partial charge >= 0.3 is 0 Å². The van der Waals surface area contributed by atoms with Crippen molar-refractivity contribution in [1.82, 2.24) is 0 Å². The molecule has 2 heteroatoms. The van der Waals surface area contributed by atoms with E-state index in [1.807, 2.05) is 0 Å². The fourth-order valence-corrected chi connectivity index (χ4v) is 4.22. The quantitative estimate of drug-likeness (QED) is 0.220. The van der Waals surface area contributed by atoms with Crippen LogP contribution in [0.2, 0.25) is 5.82 Å². The van der Waals surface area contributed by atoms with Crippen LogP contribution >= 0.6 is 0 Å². The number of nitrogens with two attached hydrogens (primary N) is 1. The predicted octanol–water partition coefficient (Wildman–Crippen LogP) is 7.22. The fraction of sp³-hybridized carbons (Fsp3) is 0.680. The second-order valence-corrected chi connectivity index (χ2v) is 8.16. The van der Waals surface area contributed by atoms with Gasteiger partial charge in [0, 0.05) is 0 Å². The highest BCUT2D eigenvalue weighted by molar-refractivity contribution is 6.11. The molecule has 2 unspecified atom stereocenters. The summed E-state index contributed by atoms with van der Waals surface area (Å²) in [5.74, 6) is 0.736. The first-order valence-corrected chi connectivity index (χ1v) is 11.2. The fourth-order valence-electron chi connectivity index (χ4n) is 4.22. The van der Waals surface area contributed by atoms with Gasteiger partial charge in [0.25, 0.3) is 0 Å². The molecule has 0 fully saturated rings. The van der Waals surface area contributed by atoms with Crippen LogP contribution in [0.15, 0.2) is 47.1 Å². The molecule has 0 bridgehead atoms. The van der Waals surface area contributed by atoms with E-state index in [1.165, 1.54) is 67.2 Å². The van der Waals surface area contributed by atoms with Gasteiger partial charge in [-0.1, -0.05) is 94.5 Å². The Morgan fingerprint density at radius 1 is 1.19 bits per heavy atom. The van der Waals surface area contributed by atoms with Crippen LogP contribution in [-0.4, -0.2) is 14.4 Å². The van der Waals surface area contributed by atoms with Crippen LogP contribution in [0.25, 0.3) is 0 Å². The normalized spacial score (nSPS) is 20.5. The largest absolute Gasteiger partial charge is 0.330 e.